The van der Waals surface area contributed by atoms with E-state index in [0.717, 1.165) is 17.8 Å². The van der Waals surface area contributed by atoms with E-state index in [9.17, 15) is 4.79 Å². The van der Waals surface area contributed by atoms with Crippen LogP contribution in [0.3, 0.4) is 0 Å². The van der Waals surface area contributed by atoms with Crippen LogP contribution in [0.15, 0.2) is 29.1 Å². The highest BCUT2D eigenvalue weighted by Gasteiger charge is 2.13. The number of benzene rings is 1. The average Bonchev–Trinajstić information content (AvgIpc) is 2.81. The minimum absolute atomic E-state index is 0.0411. The van der Waals surface area contributed by atoms with Crippen molar-refractivity contribution in [3.05, 3.63) is 40.4 Å². The number of rotatable bonds is 3. The van der Waals surface area contributed by atoms with E-state index in [1.165, 1.54) is 0 Å². The van der Waals surface area contributed by atoms with Crippen LogP contribution in [0.1, 0.15) is 12.2 Å². The van der Waals surface area contributed by atoms with Crippen LogP contribution < -0.4 is 5.56 Å². The fourth-order valence-electron chi connectivity index (χ4n) is 2.31. The van der Waals surface area contributed by atoms with E-state index in [-0.39, 0.29) is 5.56 Å². The topological polar surface area (TPSA) is 52.2 Å². The van der Waals surface area contributed by atoms with Crippen LogP contribution >= 0.6 is 11.6 Å². The van der Waals surface area contributed by atoms with Crippen molar-refractivity contribution >= 4 is 28.3 Å². The van der Waals surface area contributed by atoms with Gasteiger partial charge in [0.05, 0.1) is 10.9 Å². The smallest absolute Gasteiger partial charge is 0.262 e. The van der Waals surface area contributed by atoms with Gasteiger partial charge in [0, 0.05) is 12.4 Å². The standard InChI is InChI=1S/C13H13ClN4O/c1-9-15-16-13-17(8-4-7-14)12(19)10-5-2-3-6-11(10)18(9)13/h2-3,5-6H,4,7-8H2,1H3. The average molecular weight is 277 g/mol. The van der Waals surface area contributed by atoms with E-state index in [2.05, 4.69) is 10.2 Å². The zero-order chi connectivity index (χ0) is 13.4. The molecule has 0 unspecified atom stereocenters. The fraction of sp³-hybridized carbons (Fsp3) is 0.308. The van der Waals surface area contributed by atoms with E-state index in [1.807, 2.05) is 35.6 Å². The molecular formula is C13H13ClN4O. The molecule has 5 nitrogen and oxygen atoms in total. The van der Waals surface area contributed by atoms with Crippen LogP contribution in [0, 0.1) is 6.92 Å². The van der Waals surface area contributed by atoms with Crippen molar-refractivity contribution in [2.45, 2.75) is 19.9 Å². The largest absolute Gasteiger partial charge is 0.276 e. The minimum atomic E-state index is -0.0411. The fourth-order valence-corrected chi connectivity index (χ4v) is 2.43. The second kappa shape index (κ2) is 4.66. The van der Waals surface area contributed by atoms with Gasteiger partial charge in [-0.1, -0.05) is 12.1 Å². The zero-order valence-electron chi connectivity index (χ0n) is 10.5. The van der Waals surface area contributed by atoms with Crippen molar-refractivity contribution in [2.24, 2.45) is 0 Å². The molecule has 0 aliphatic rings. The summed E-state index contributed by atoms with van der Waals surface area (Å²) >= 11 is 5.72. The summed E-state index contributed by atoms with van der Waals surface area (Å²) in [5.74, 6) is 1.86. The summed E-state index contributed by atoms with van der Waals surface area (Å²) in [5, 5.41) is 8.86. The Hall–Kier alpha value is -1.88. The lowest BCUT2D eigenvalue weighted by Gasteiger charge is -2.09. The molecule has 0 saturated carbocycles. The summed E-state index contributed by atoms with van der Waals surface area (Å²) in [6.45, 7) is 2.43. The van der Waals surface area contributed by atoms with Gasteiger partial charge < -0.3 is 0 Å². The van der Waals surface area contributed by atoms with E-state index in [1.54, 1.807) is 4.57 Å². The van der Waals surface area contributed by atoms with Gasteiger partial charge in [0.1, 0.15) is 5.82 Å². The van der Waals surface area contributed by atoms with Gasteiger partial charge in [-0.05, 0) is 25.5 Å². The number of hydrogen-bond donors (Lipinski definition) is 0. The number of nitrogens with zero attached hydrogens (tertiary/aromatic N) is 4. The van der Waals surface area contributed by atoms with Gasteiger partial charge in [-0.3, -0.25) is 13.8 Å². The second-order valence-corrected chi connectivity index (χ2v) is 4.78. The van der Waals surface area contributed by atoms with Crippen LogP contribution in [0.5, 0.6) is 0 Å². The molecular weight excluding hydrogens is 264 g/mol. The molecule has 0 amide bonds. The molecule has 0 saturated heterocycles. The van der Waals surface area contributed by atoms with Crippen molar-refractivity contribution in [3.63, 3.8) is 0 Å². The monoisotopic (exact) mass is 276 g/mol. The molecule has 0 atom stereocenters. The zero-order valence-corrected chi connectivity index (χ0v) is 11.3. The van der Waals surface area contributed by atoms with Gasteiger partial charge in [0.2, 0.25) is 5.78 Å². The first-order valence-corrected chi connectivity index (χ1v) is 6.66. The molecule has 0 aliphatic carbocycles. The maximum atomic E-state index is 12.5. The molecule has 19 heavy (non-hydrogen) atoms. The Kier molecular flexibility index (Phi) is 2.98. The molecule has 2 aromatic heterocycles. The second-order valence-electron chi connectivity index (χ2n) is 4.40. The van der Waals surface area contributed by atoms with Crippen LogP contribution in [0.4, 0.5) is 0 Å². The first-order chi connectivity index (χ1) is 9.24. The SMILES string of the molecule is Cc1nnc2n(CCCCl)c(=O)c3ccccc3n12. The number of aromatic nitrogens is 4. The van der Waals surface area contributed by atoms with Crippen molar-refractivity contribution in [1.82, 2.24) is 19.2 Å². The molecule has 0 spiro atoms. The first-order valence-electron chi connectivity index (χ1n) is 6.13. The van der Waals surface area contributed by atoms with Gasteiger partial charge in [-0.2, -0.15) is 0 Å². The molecule has 1 aromatic carbocycles. The van der Waals surface area contributed by atoms with Crippen LogP contribution in [0.2, 0.25) is 0 Å². The van der Waals surface area contributed by atoms with Crippen molar-refractivity contribution in [1.29, 1.82) is 0 Å². The molecule has 98 valence electrons. The highest BCUT2D eigenvalue weighted by molar-refractivity contribution is 6.17. The van der Waals surface area contributed by atoms with Crippen molar-refractivity contribution in [3.8, 4) is 0 Å². The third-order valence-electron chi connectivity index (χ3n) is 3.19. The van der Waals surface area contributed by atoms with Gasteiger partial charge in [0.15, 0.2) is 0 Å². The van der Waals surface area contributed by atoms with Crippen LogP contribution in [-0.4, -0.2) is 25.0 Å². The maximum Gasteiger partial charge on any atom is 0.262 e. The number of halogens is 1. The Morgan fingerprint density at radius 2 is 2.05 bits per heavy atom. The predicted octanol–water partition coefficient (Wildman–Crippen LogP) is 1.98. The summed E-state index contributed by atoms with van der Waals surface area (Å²) in [6.07, 6.45) is 0.724. The van der Waals surface area contributed by atoms with E-state index < -0.39 is 0 Å². The molecule has 0 aliphatic heterocycles. The quantitative estimate of drug-likeness (QED) is 0.688. The summed E-state index contributed by atoms with van der Waals surface area (Å²) < 4.78 is 3.55. The third kappa shape index (κ3) is 1.81. The Morgan fingerprint density at radius 3 is 2.84 bits per heavy atom. The molecule has 0 bridgehead atoms. The number of para-hydroxylation sites is 1. The molecule has 6 heteroatoms. The predicted molar refractivity (Wildman–Crippen MR) is 74.8 cm³/mol. The Morgan fingerprint density at radius 1 is 1.26 bits per heavy atom. The first kappa shape index (κ1) is 12.2. The molecule has 0 radical (unpaired) electrons. The van der Waals surface area contributed by atoms with E-state index in [4.69, 9.17) is 11.6 Å². The third-order valence-corrected chi connectivity index (χ3v) is 3.45. The summed E-state index contributed by atoms with van der Waals surface area (Å²) in [5.41, 5.74) is 0.799. The van der Waals surface area contributed by atoms with Crippen molar-refractivity contribution < 1.29 is 0 Å². The Labute approximate surface area is 114 Å². The molecule has 0 N–H and O–H groups in total. The Balaban J connectivity index is 2.46. The highest BCUT2D eigenvalue weighted by Crippen LogP contribution is 2.14. The van der Waals surface area contributed by atoms with Crippen LogP contribution in [-0.2, 0) is 6.54 Å². The van der Waals surface area contributed by atoms with Gasteiger partial charge >= 0.3 is 0 Å². The maximum absolute atomic E-state index is 12.5. The van der Waals surface area contributed by atoms with Crippen molar-refractivity contribution in [2.75, 3.05) is 5.88 Å². The number of hydrogen-bond acceptors (Lipinski definition) is 3. The lowest BCUT2D eigenvalue weighted by molar-refractivity contribution is 0.665. The lowest BCUT2D eigenvalue weighted by Crippen LogP contribution is -2.23. The number of aryl methyl sites for hydroxylation is 2. The van der Waals surface area contributed by atoms with E-state index >= 15 is 0 Å². The van der Waals surface area contributed by atoms with Gasteiger partial charge in [0.25, 0.3) is 5.56 Å². The summed E-state index contributed by atoms with van der Waals surface area (Å²) in [6, 6.07) is 7.50. The van der Waals surface area contributed by atoms with E-state index in [0.29, 0.717) is 23.6 Å². The summed E-state index contributed by atoms with van der Waals surface area (Å²) in [7, 11) is 0. The van der Waals surface area contributed by atoms with Gasteiger partial charge in [-0.25, -0.2) is 0 Å². The number of fused-ring (bicyclic) bond motifs is 3. The highest BCUT2D eigenvalue weighted by atomic mass is 35.5. The van der Waals surface area contributed by atoms with Crippen LogP contribution in [0.25, 0.3) is 16.7 Å². The molecule has 3 rings (SSSR count). The lowest BCUT2D eigenvalue weighted by atomic mass is 10.2. The number of alkyl halides is 1. The van der Waals surface area contributed by atoms with Gasteiger partial charge in [-0.15, -0.1) is 21.8 Å². The molecule has 0 fully saturated rings. The Bertz CT molecular complexity index is 805. The minimum Gasteiger partial charge on any atom is -0.276 e. The molecule has 3 aromatic rings. The summed E-state index contributed by atoms with van der Waals surface area (Å²) in [4.78, 5) is 12.5. The normalized spacial score (nSPS) is 11.5. The molecule has 2 heterocycles.